The number of nitrogens with one attached hydrogen (secondary N) is 1. The molecule has 0 aromatic heterocycles. The lowest BCUT2D eigenvalue weighted by molar-refractivity contribution is -0.128. The Balaban J connectivity index is 4.76. The fraction of sp³-hybridized carbons (Fsp3) is 0.833. The predicted octanol–water partition coefficient (Wildman–Crippen LogP) is -0.626. The molecule has 118 valence electrons. The van der Waals surface area contributed by atoms with Gasteiger partial charge in [-0.3, -0.25) is 4.79 Å². The Labute approximate surface area is 122 Å². The molecule has 1 amide bonds. The molecule has 0 aliphatic rings. The molecule has 0 heterocycles. The molecule has 0 radical (unpaired) electrons. The van der Waals surface area contributed by atoms with E-state index in [-0.39, 0.29) is 11.7 Å². The lowest BCUT2D eigenvalue weighted by Crippen LogP contribution is -2.60. The summed E-state index contributed by atoms with van der Waals surface area (Å²) in [7, 11) is 0. The zero-order valence-electron chi connectivity index (χ0n) is 12.0. The molecule has 20 heavy (non-hydrogen) atoms. The topological polar surface area (TPSA) is 136 Å². The van der Waals surface area contributed by atoms with Gasteiger partial charge in [-0.2, -0.15) is 0 Å². The van der Waals surface area contributed by atoms with E-state index in [1.165, 1.54) is 0 Å². The Morgan fingerprint density at radius 2 is 2.05 bits per heavy atom. The molecule has 0 spiro atoms. The second-order valence-corrected chi connectivity index (χ2v) is 6.09. The van der Waals surface area contributed by atoms with E-state index in [2.05, 4.69) is 5.32 Å². The fourth-order valence-electron chi connectivity index (χ4n) is 1.71. The monoisotopic (exact) mass is 307 g/mol. The number of rotatable bonds is 10. The summed E-state index contributed by atoms with van der Waals surface area (Å²) in [4.78, 5) is 23.3. The molecule has 1 unspecified atom stereocenters. The van der Waals surface area contributed by atoms with Crippen molar-refractivity contribution >= 4 is 23.3 Å². The number of unbranched alkanes of at least 4 members (excludes halogenated alkanes) is 1. The van der Waals surface area contributed by atoms with Gasteiger partial charge in [-0.15, -0.1) is 0 Å². The van der Waals surface area contributed by atoms with Crippen LogP contribution in [-0.4, -0.2) is 44.8 Å². The fourth-order valence-corrected chi connectivity index (χ4v) is 2.59. The average Bonchev–Trinajstić information content (AvgIpc) is 2.36. The van der Waals surface area contributed by atoms with Crippen LogP contribution >= 0.6 is 0 Å². The minimum absolute atomic E-state index is 0.323. The first-order chi connectivity index (χ1) is 9.29. The summed E-state index contributed by atoms with van der Waals surface area (Å²) in [5.74, 6) is -1.17. The minimum Gasteiger partial charge on any atom is -0.341 e. The van der Waals surface area contributed by atoms with Crippen molar-refractivity contribution in [3.8, 4) is 0 Å². The van der Waals surface area contributed by atoms with Gasteiger partial charge in [0.25, 0.3) is 0 Å². The van der Waals surface area contributed by atoms with Gasteiger partial charge < -0.3 is 26.1 Å². The van der Waals surface area contributed by atoms with Crippen LogP contribution in [0.1, 0.15) is 33.1 Å². The minimum atomic E-state index is -2.20. The maximum absolute atomic E-state index is 12.0. The Bertz CT molecular complexity index is 352. The summed E-state index contributed by atoms with van der Waals surface area (Å²) in [5, 5.41) is 2.52. The van der Waals surface area contributed by atoms with Crippen molar-refractivity contribution < 1.29 is 18.4 Å². The summed E-state index contributed by atoms with van der Waals surface area (Å²) >= 11 is -2.20. The summed E-state index contributed by atoms with van der Waals surface area (Å²) < 4.78 is 20.0. The van der Waals surface area contributed by atoms with Gasteiger partial charge in [-0.1, -0.05) is 20.3 Å². The first kappa shape index (κ1) is 19.2. The number of hydrogen-bond donors (Lipinski definition) is 4. The molecule has 0 aromatic rings. The number of nitrogens with two attached hydrogens (primary N) is 2. The number of carbonyl (C=O) groups excluding carboxylic acids is 2. The molecule has 0 bridgehead atoms. The normalized spacial score (nSPS) is 17.3. The molecular formula is C12H25N3O4S. The van der Waals surface area contributed by atoms with E-state index in [9.17, 15) is 13.8 Å². The molecule has 3 atom stereocenters. The first-order valence-corrected chi connectivity index (χ1v) is 7.88. The molecule has 0 fully saturated rings. The van der Waals surface area contributed by atoms with E-state index in [1.54, 1.807) is 13.8 Å². The van der Waals surface area contributed by atoms with E-state index in [1.807, 2.05) is 0 Å². The van der Waals surface area contributed by atoms with Crippen molar-refractivity contribution in [2.45, 2.75) is 44.7 Å². The van der Waals surface area contributed by atoms with Crippen molar-refractivity contribution in [3.63, 3.8) is 0 Å². The zero-order valence-corrected chi connectivity index (χ0v) is 12.8. The highest BCUT2D eigenvalue weighted by molar-refractivity contribution is 7.79. The van der Waals surface area contributed by atoms with Crippen molar-refractivity contribution in [2.75, 3.05) is 12.3 Å². The number of aldehydes is 1. The third-order valence-electron chi connectivity index (χ3n) is 3.26. The maximum Gasteiger partial charge on any atom is 0.237 e. The second kappa shape index (κ2) is 9.17. The van der Waals surface area contributed by atoms with E-state index >= 15 is 0 Å². The van der Waals surface area contributed by atoms with Crippen LogP contribution in [0.5, 0.6) is 0 Å². The van der Waals surface area contributed by atoms with E-state index < -0.39 is 28.6 Å². The molecule has 0 aliphatic carbocycles. The zero-order chi connectivity index (χ0) is 15.8. The quantitative estimate of drug-likeness (QED) is 0.241. The molecule has 0 aliphatic heterocycles. The maximum atomic E-state index is 12.0. The highest BCUT2D eigenvalue weighted by atomic mass is 32.2. The Hall–Kier alpha value is -0.830. The molecule has 0 saturated heterocycles. The van der Waals surface area contributed by atoms with Crippen molar-refractivity contribution in [1.29, 1.82) is 0 Å². The van der Waals surface area contributed by atoms with Gasteiger partial charge in [0.05, 0.1) is 11.8 Å². The summed E-state index contributed by atoms with van der Waals surface area (Å²) in [6, 6.07) is -0.758. The molecular weight excluding hydrogens is 282 g/mol. The number of carbonyl (C=O) groups is 2. The van der Waals surface area contributed by atoms with Gasteiger partial charge in [-0.25, -0.2) is 4.21 Å². The van der Waals surface area contributed by atoms with Crippen LogP contribution < -0.4 is 16.8 Å². The number of hydrogen-bond acceptors (Lipinski definition) is 5. The Kier molecular flexibility index (Phi) is 8.79. The molecule has 8 heteroatoms. The third-order valence-corrected chi connectivity index (χ3v) is 3.99. The molecule has 0 rings (SSSR count). The van der Waals surface area contributed by atoms with Gasteiger partial charge in [-0.05, 0) is 25.3 Å². The molecule has 7 nitrogen and oxygen atoms in total. The molecule has 0 aromatic carbocycles. The van der Waals surface area contributed by atoms with Crippen LogP contribution in [0.25, 0.3) is 0 Å². The van der Waals surface area contributed by atoms with Crippen LogP contribution in [0.3, 0.4) is 0 Å². The predicted molar refractivity (Wildman–Crippen MR) is 78.3 cm³/mol. The standard InChI is InChI=1S/C12H25N3O4S/c1-9(2)12(7-16,8-20(18)19)15-11(17)10(14)5-3-4-6-13/h7,9-10H,3-6,8,13-14H2,1-2H3,(H,15,17)(H,18,19)/t10-,12-/m0/s1. The Morgan fingerprint density at radius 3 is 2.45 bits per heavy atom. The van der Waals surface area contributed by atoms with Crippen LogP contribution in [0.15, 0.2) is 0 Å². The highest BCUT2D eigenvalue weighted by Crippen LogP contribution is 2.16. The summed E-state index contributed by atoms with van der Waals surface area (Å²) in [5.41, 5.74) is 9.73. The average molecular weight is 307 g/mol. The summed E-state index contributed by atoms with van der Waals surface area (Å²) in [6.07, 6.45) is 2.45. The smallest absolute Gasteiger partial charge is 0.237 e. The van der Waals surface area contributed by atoms with Gasteiger partial charge >= 0.3 is 0 Å². The van der Waals surface area contributed by atoms with E-state index in [0.29, 0.717) is 25.7 Å². The first-order valence-electron chi connectivity index (χ1n) is 6.60. The SMILES string of the molecule is CC(C)[C@](C=O)(CS(=O)O)NC(=O)[C@@H](N)CCCCN. The molecule has 6 N–H and O–H groups in total. The van der Waals surface area contributed by atoms with E-state index in [4.69, 9.17) is 16.0 Å². The van der Waals surface area contributed by atoms with Crippen LogP contribution in [0.4, 0.5) is 0 Å². The summed E-state index contributed by atoms with van der Waals surface area (Å²) in [6.45, 7) is 3.92. The lowest BCUT2D eigenvalue weighted by Gasteiger charge is -2.32. The number of amides is 1. The molecule has 0 saturated carbocycles. The van der Waals surface area contributed by atoms with Gasteiger partial charge in [0.15, 0.2) is 11.1 Å². The van der Waals surface area contributed by atoms with Crippen LogP contribution in [-0.2, 0) is 20.7 Å². The van der Waals surface area contributed by atoms with Gasteiger partial charge in [0, 0.05) is 0 Å². The van der Waals surface area contributed by atoms with Crippen LogP contribution in [0, 0.1) is 5.92 Å². The van der Waals surface area contributed by atoms with Crippen molar-refractivity contribution in [1.82, 2.24) is 5.32 Å². The van der Waals surface area contributed by atoms with E-state index in [0.717, 1.165) is 6.42 Å². The Morgan fingerprint density at radius 1 is 1.45 bits per heavy atom. The second-order valence-electron chi connectivity index (χ2n) is 5.16. The van der Waals surface area contributed by atoms with Gasteiger partial charge in [0.1, 0.15) is 11.8 Å². The van der Waals surface area contributed by atoms with Crippen LogP contribution in [0.2, 0.25) is 0 Å². The third kappa shape index (κ3) is 6.08. The van der Waals surface area contributed by atoms with Gasteiger partial charge in [0.2, 0.25) is 5.91 Å². The highest BCUT2D eigenvalue weighted by Gasteiger charge is 2.38. The largest absolute Gasteiger partial charge is 0.341 e. The van der Waals surface area contributed by atoms with Crippen molar-refractivity contribution in [3.05, 3.63) is 0 Å². The van der Waals surface area contributed by atoms with Crippen molar-refractivity contribution in [2.24, 2.45) is 17.4 Å². The lowest BCUT2D eigenvalue weighted by atomic mass is 9.89.